The predicted molar refractivity (Wildman–Crippen MR) is 111 cm³/mol. The van der Waals surface area contributed by atoms with Gasteiger partial charge in [-0.15, -0.1) is 0 Å². The van der Waals surface area contributed by atoms with E-state index in [1.807, 2.05) is 33.8 Å². The van der Waals surface area contributed by atoms with Crippen LogP contribution in [0.3, 0.4) is 0 Å². The van der Waals surface area contributed by atoms with Gasteiger partial charge in [0.1, 0.15) is 5.75 Å². The molecule has 2 aromatic carbocycles. The first kappa shape index (κ1) is 21.0. The van der Waals surface area contributed by atoms with Gasteiger partial charge >= 0.3 is 0 Å². The lowest BCUT2D eigenvalue weighted by Crippen LogP contribution is -2.30. The predicted octanol–water partition coefficient (Wildman–Crippen LogP) is 4.87. The average molecular weight is 433 g/mol. The number of halogens is 1. The quantitative estimate of drug-likeness (QED) is 0.655. The number of rotatable bonds is 7. The van der Waals surface area contributed by atoms with Gasteiger partial charge in [0.2, 0.25) is 0 Å². The highest BCUT2D eigenvalue weighted by Gasteiger charge is 2.15. The van der Waals surface area contributed by atoms with Crippen LogP contribution in [0.25, 0.3) is 0 Å². The van der Waals surface area contributed by atoms with Gasteiger partial charge in [-0.05, 0) is 56.2 Å². The van der Waals surface area contributed by atoms with Crippen molar-refractivity contribution in [2.75, 3.05) is 11.9 Å². The maximum Gasteiger partial charge on any atom is 0.259 e. The number of carbonyl (C=O) groups is 2. The minimum Gasteiger partial charge on any atom is -0.492 e. The molecule has 144 valence electrons. The highest BCUT2D eigenvalue weighted by molar-refractivity contribution is 9.10. The molecule has 0 aliphatic heterocycles. The summed E-state index contributed by atoms with van der Waals surface area (Å²) in [6.07, 6.45) is 0. The molecule has 0 spiro atoms. The molecule has 0 heterocycles. The Hall–Kier alpha value is -2.34. The zero-order valence-electron chi connectivity index (χ0n) is 16.0. The average Bonchev–Trinajstić information content (AvgIpc) is 2.60. The Kier molecular flexibility index (Phi) is 7.42. The Labute approximate surface area is 168 Å². The fraction of sp³-hybridized carbons (Fsp3) is 0.333. The number of hydrogen-bond donors (Lipinski definition) is 2. The maximum atomic E-state index is 12.8. The number of carbonyl (C=O) groups excluding carboxylic acids is 2. The van der Waals surface area contributed by atoms with Gasteiger partial charge in [0.25, 0.3) is 11.8 Å². The number of anilines is 1. The number of benzene rings is 2. The first-order valence-corrected chi connectivity index (χ1v) is 9.70. The van der Waals surface area contributed by atoms with Gasteiger partial charge in [0.15, 0.2) is 0 Å². The molecule has 0 bridgehead atoms. The fourth-order valence-electron chi connectivity index (χ4n) is 2.34. The summed E-state index contributed by atoms with van der Waals surface area (Å²) in [6, 6.07) is 12.2. The molecule has 2 amide bonds. The maximum absolute atomic E-state index is 12.8. The van der Waals surface area contributed by atoms with Crippen molar-refractivity contribution >= 4 is 33.4 Å². The van der Waals surface area contributed by atoms with E-state index in [1.165, 1.54) is 0 Å². The first-order valence-electron chi connectivity index (χ1n) is 8.91. The monoisotopic (exact) mass is 432 g/mol. The summed E-state index contributed by atoms with van der Waals surface area (Å²) < 4.78 is 6.56. The van der Waals surface area contributed by atoms with Crippen molar-refractivity contribution in [2.45, 2.75) is 33.7 Å². The summed E-state index contributed by atoms with van der Waals surface area (Å²) in [5, 5.41) is 5.68. The van der Waals surface area contributed by atoms with Crippen molar-refractivity contribution in [3.8, 4) is 5.75 Å². The minimum atomic E-state index is -0.295. The molecular weight excluding hydrogens is 408 g/mol. The molecule has 6 heteroatoms. The highest BCUT2D eigenvalue weighted by atomic mass is 79.9. The summed E-state index contributed by atoms with van der Waals surface area (Å²) in [5.41, 5.74) is 1.47. The molecular formula is C21H25BrN2O3. The van der Waals surface area contributed by atoms with Crippen LogP contribution in [0, 0.1) is 5.92 Å². The molecule has 2 aromatic rings. The summed E-state index contributed by atoms with van der Waals surface area (Å²) in [6.45, 7) is 8.41. The van der Waals surface area contributed by atoms with Crippen LogP contribution in [0.1, 0.15) is 48.4 Å². The van der Waals surface area contributed by atoms with Gasteiger partial charge in [0, 0.05) is 21.8 Å². The van der Waals surface area contributed by atoms with E-state index in [4.69, 9.17) is 4.74 Å². The largest absolute Gasteiger partial charge is 0.492 e. The van der Waals surface area contributed by atoms with Crippen LogP contribution in [0.2, 0.25) is 0 Å². The van der Waals surface area contributed by atoms with E-state index < -0.39 is 0 Å². The van der Waals surface area contributed by atoms with Crippen LogP contribution in [-0.4, -0.2) is 24.5 Å². The van der Waals surface area contributed by atoms with Crippen molar-refractivity contribution in [1.82, 2.24) is 5.32 Å². The van der Waals surface area contributed by atoms with Crippen LogP contribution in [-0.2, 0) is 0 Å². The van der Waals surface area contributed by atoms with E-state index in [9.17, 15) is 9.59 Å². The van der Waals surface area contributed by atoms with Gasteiger partial charge in [-0.2, -0.15) is 0 Å². The SMILES string of the molecule is CC(C)COc1ccc(Br)cc1C(=O)Nc1cccc(C(=O)NC(C)C)c1. The number of amides is 2. The molecule has 0 saturated heterocycles. The van der Waals surface area contributed by atoms with Gasteiger partial charge < -0.3 is 15.4 Å². The van der Waals surface area contributed by atoms with Crippen LogP contribution in [0.5, 0.6) is 5.75 Å². The van der Waals surface area contributed by atoms with Crippen LogP contribution < -0.4 is 15.4 Å². The van der Waals surface area contributed by atoms with E-state index in [0.29, 0.717) is 35.1 Å². The van der Waals surface area contributed by atoms with Crippen LogP contribution >= 0.6 is 15.9 Å². The molecule has 0 atom stereocenters. The lowest BCUT2D eigenvalue weighted by atomic mass is 10.1. The number of nitrogens with one attached hydrogen (secondary N) is 2. The van der Waals surface area contributed by atoms with Crippen molar-refractivity contribution in [3.63, 3.8) is 0 Å². The molecule has 0 fully saturated rings. The Morgan fingerprint density at radius 2 is 1.78 bits per heavy atom. The van der Waals surface area contributed by atoms with Crippen molar-refractivity contribution in [3.05, 3.63) is 58.1 Å². The molecule has 0 unspecified atom stereocenters. The van der Waals surface area contributed by atoms with Crippen molar-refractivity contribution in [2.24, 2.45) is 5.92 Å². The molecule has 0 saturated carbocycles. The van der Waals surface area contributed by atoms with E-state index in [1.54, 1.807) is 36.4 Å². The lowest BCUT2D eigenvalue weighted by Gasteiger charge is -2.14. The van der Waals surface area contributed by atoms with Gasteiger partial charge in [-0.1, -0.05) is 35.8 Å². The first-order chi connectivity index (χ1) is 12.8. The second-order valence-electron chi connectivity index (χ2n) is 7.01. The molecule has 2 rings (SSSR count). The Morgan fingerprint density at radius 3 is 2.44 bits per heavy atom. The smallest absolute Gasteiger partial charge is 0.259 e. The zero-order chi connectivity index (χ0) is 20.0. The molecule has 2 N–H and O–H groups in total. The van der Waals surface area contributed by atoms with E-state index in [0.717, 1.165) is 4.47 Å². The van der Waals surface area contributed by atoms with Gasteiger partial charge in [0.05, 0.1) is 12.2 Å². The number of hydrogen-bond acceptors (Lipinski definition) is 3. The normalized spacial score (nSPS) is 10.8. The van der Waals surface area contributed by atoms with Crippen molar-refractivity contribution in [1.29, 1.82) is 0 Å². The van der Waals surface area contributed by atoms with Crippen LogP contribution in [0.4, 0.5) is 5.69 Å². The number of ether oxygens (including phenoxy) is 1. The zero-order valence-corrected chi connectivity index (χ0v) is 17.6. The minimum absolute atomic E-state index is 0.0399. The summed E-state index contributed by atoms with van der Waals surface area (Å²) in [5.74, 6) is 0.403. The standard InChI is InChI=1S/C21H25BrN2O3/c1-13(2)12-27-19-9-8-16(22)11-18(19)21(26)24-17-7-5-6-15(10-17)20(25)23-14(3)4/h5-11,13-14H,12H2,1-4H3,(H,23,25)(H,24,26). The molecule has 27 heavy (non-hydrogen) atoms. The lowest BCUT2D eigenvalue weighted by molar-refractivity contribution is 0.0941. The third-order valence-electron chi connectivity index (χ3n) is 3.56. The topological polar surface area (TPSA) is 67.4 Å². The Morgan fingerprint density at radius 1 is 1.04 bits per heavy atom. The van der Waals surface area contributed by atoms with Crippen molar-refractivity contribution < 1.29 is 14.3 Å². The van der Waals surface area contributed by atoms with E-state index in [2.05, 4.69) is 26.6 Å². The second kappa shape index (κ2) is 9.55. The summed E-state index contributed by atoms with van der Waals surface area (Å²) in [7, 11) is 0. The molecule has 0 radical (unpaired) electrons. The molecule has 0 aromatic heterocycles. The summed E-state index contributed by atoms with van der Waals surface area (Å²) in [4.78, 5) is 24.9. The molecule has 5 nitrogen and oxygen atoms in total. The third-order valence-corrected chi connectivity index (χ3v) is 4.05. The van der Waals surface area contributed by atoms with E-state index >= 15 is 0 Å². The van der Waals surface area contributed by atoms with Gasteiger partial charge in [-0.3, -0.25) is 9.59 Å². The van der Waals surface area contributed by atoms with Gasteiger partial charge in [-0.25, -0.2) is 0 Å². The van der Waals surface area contributed by atoms with E-state index in [-0.39, 0.29) is 17.9 Å². The molecule has 0 aliphatic rings. The highest BCUT2D eigenvalue weighted by Crippen LogP contribution is 2.25. The second-order valence-corrected chi connectivity index (χ2v) is 7.92. The Balaban J connectivity index is 2.20. The fourth-order valence-corrected chi connectivity index (χ4v) is 2.71. The Bertz CT molecular complexity index is 819. The van der Waals surface area contributed by atoms with Crippen LogP contribution in [0.15, 0.2) is 46.9 Å². The third kappa shape index (κ3) is 6.40. The molecule has 0 aliphatic carbocycles. The summed E-state index contributed by atoms with van der Waals surface area (Å²) >= 11 is 3.40.